The summed E-state index contributed by atoms with van der Waals surface area (Å²) >= 11 is 0. The van der Waals surface area contributed by atoms with Crippen LogP contribution in [0.1, 0.15) is 67.3 Å². The van der Waals surface area contributed by atoms with Crippen molar-refractivity contribution >= 4 is 18.7 Å². The number of hydrogen-bond acceptors (Lipinski definition) is 5. The van der Waals surface area contributed by atoms with E-state index in [0.29, 0.717) is 6.61 Å². The average molecular weight is 377 g/mol. The molecule has 1 aliphatic carbocycles. The van der Waals surface area contributed by atoms with Gasteiger partial charge in [-0.2, -0.15) is 5.10 Å². The fourth-order valence-corrected chi connectivity index (χ4v) is 3.07. The van der Waals surface area contributed by atoms with E-state index >= 15 is 0 Å². The van der Waals surface area contributed by atoms with Gasteiger partial charge in [-0.1, -0.05) is 20.8 Å². The summed E-state index contributed by atoms with van der Waals surface area (Å²) in [6, 6.07) is 0.404. The Hall–Kier alpha value is -1.54. The normalized spacial score (nSPS) is 26.6. The molecule has 2 fully saturated rings. The van der Waals surface area contributed by atoms with Crippen molar-refractivity contribution in [1.82, 2.24) is 15.1 Å². The van der Waals surface area contributed by atoms with Crippen molar-refractivity contribution < 1.29 is 18.8 Å². The molecule has 7 nitrogen and oxygen atoms in total. The Morgan fingerprint density at radius 1 is 1.30 bits per heavy atom. The van der Waals surface area contributed by atoms with E-state index in [1.54, 1.807) is 6.20 Å². The molecule has 0 atom stereocenters. The first-order valence-corrected chi connectivity index (χ1v) is 9.69. The van der Waals surface area contributed by atoms with E-state index in [0.717, 1.165) is 18.3 Å². The molecule has 1 saturated carbocycles. The second kappa shape index (κ2) is 6.81. The van der Waals surface area contributed by atoms with Gasteiger partial charge in [0, 0.05) is 23.9 Å². The molecule has 0 unspecified atom stereocenters. The molecule has 1 aromatic heterocycles. The van der Waals surface area contributed by atoms with Crippen molar-refractivity contribution in [2.75, 3.05) is 6.61 Å². The number of rotatable bonds is 4. The highest BCUT2D eigenvalue weighted by atomic mass is 16.7. The summed E-state index contributed by atoms with van der Waals surface area (Å²) < 4.78 is 19.3. The zero-order valence-corrected chi connectivity index (χ0v) is 17.5. The molecule has 1 N–H and O–H groups in total. The Morgan fingerprint density at radius 2 is 1.89 bits per heavy atom. The third-order valence-corrected chi connectivity index (χ3v) is 5.59. The third kappa shape index (κ3) is 4.49. The number of ether oxygens (including phenoxy) is 1. The van der Waals surface area contributed by atoms with E-state index in [2.05, 4.69) is 10.4 Å². The molecule has 8 heteroatoms. The summed E-state index contributed by atoms with van der Waals surface area (Å²) in [6.45, 7) is 14.7. The highest BCUT2D eigenvalue weighted by Crippen LogP contribution is 2.37. The van der Waals surface area contributed by atoms with Crippen LogP contribution in [0.2, 0.25) is 0 Å². The summed E-state index contributed by atoms with van der Waals surface area (Å²) in [5, 5.41) is 7.39. The fourth-order valence-electron chi connectivity index (χ4n) is 3.07. The lowest BCUT2D eigenvalue weighted by Crippen LogP contribution is -2.45. The van der Waals surface area contributed by atoms with Gasteiger partial charge in [0.1, 0.15) is 0 Å². The van der Waals surface area contributed by atoms with Crippen LogP contribution in [0.25, 0.3) is 0 Å². The molecule has 0 spiro atoms. The summed E-state index contributed by atoms with van der Waals surface area (Å²) in [5.74, 6) is 0. The van der Waals surface area contributed by atoms with Crippen molar-refractivity contribution in [3.8, 4) is 0 Å². The van der Waals surface area contributed by atoms with Crippen molar-refractivity contribution in [3.05, 3.63) is 12.4 Å². The van der Waals surface area contributed by atoms with E-state index < -0.39 is 7.12 Å². The molecule has 2 heterocycles. The molecular weight excluding hydrogens is 345 g/mol. The van der Waals surface area contributed by atoms with Gasteiger partial charge in [0.25, 0.3) is 0 Å². The number of alkyl carbamates (subject to hydrolysis) is 1. The predicted octanol–water partition coefficient (Wildman–Crippen LogP) is 2.66. The molecular formula is C19H32BN3O4. The van der Waals surface area contributed by atoms with Gasteiger partial charge in [-0.05, 0) is 46.0 Å². The van der Waals surface area contributed by atoms with Crippen LogP contribution >= 0.6 is 0 Å². The summed E-state index contributed by atoms with van der Waals surface area (Å²) in [6.07, 6.45) is 5.14. The van der Waals surface area contributed by atoms with E-state index in [1.807, 2.05) is 59.3 Å². The van der Waals surface area contributed by atoms with Gasteiger partial charge in [0.2, 0.25) is 0 Å². The molecule has 0 radical (unpaired) electrons. The molecule has 150 valence electrons. The Morgan fingerprint density at radius 3 is 2.44 bits per heavy atom. The van der Waals surface area contributed by atoms with Crippen molar-refractivity contribution in [1.29, 1.82) is 0 Å². The largest absolute Gasteiger partial charge is 0.498 e. The molecule has 2 aliphatic rings. The molecule has 27 heavy (non-hydrogen) atoms. The van der Waals surface area contributed by atoms with Crippen molar-refractivity contribution in [2.45, 2.75) is 84.6 Å². The quantitative estimate of drug-likeness (QED) is 0.817. The van der Waals surface area contributed by atoms with E-state index in [-0.39, 0.29) is 34.8 Å². The standard InChI is InChI=1S/C19H32BN3O4/c1-17(2,3)12-25-16(24)22-14-8-15(9-14)23-11-13(10-21-23)20-26-18(4,5)19(6,7)27-20/h10-11,14-15H,8-9,12H2,1-7H3,(H,22,24). The average Bonchev–Trinajstić information content (AvgIpc) is 3.03. The van der Waals surface area contributed by atoms with Gasteiger partial charge in [0.15, 0.2) is 0 Å². The predicted molar refractivity (Wildman–Crippen MR) is 104 cm³/mol. The lowest BCUT2D eigenvalue weighted by Gasteiger charge is -2.35. The number of nitrogens with one attached hydrogen (secondary N) is 1. The van der Waals surface area contributed by atoms with Gasteiger partial charge < -0.3 is 19.4 Å². The van der Waals surface area contributed by atoms with Crippen LogP contribution in [0.3, 0.4) is 0 Å². The van der Waals surface area contributed by atoms with Crippen LogP contribution in [0, 0.1) is 5.41 Å². The zero-order valence-electron chi connectivity index (χ0n) is 17.5. The van der Waals surface area contributed by atoms with Crippen LogP contribution < -0.4 is 10.8 Å². The van der Waals surface area contributed by atoms with Crippen LogP contribution in [0.15, 0.2) is 12.4 Å². The zero-order chi connectivity index (χ0) is 20.0. The van der Waals surface area contributed by atoms with E-state index in [4.69, 9.17) is 14.0 Å². The summed E-state index contributed by atoms with van der Waals surface area (Å²) in [5.41, 5.74) is 0.171. The Bertz CT molecular complexity index is 673. The maximum atomic E-state index is 11.8. The first-order valence-electron chi connectivity index (χ1n) is 9.69. The minimum absolute atomic E-state index is 0.0293. The monoisotopic (exact) mass is 377 g/mol. The van der Waals surface area contributed by atoms with Crippen molar-refractivity contribution in [3.63, 3.8) is 0 Å². The van der Waals surface area contributed by atoms with Crippen LogP contribution in [0.4, 0.5) is 4.79 Å². The molecule has 3 rings (SSSR count). The van der Waals surface area contributed by atoms with Gasteiger partial charge in [-0.25, -0.2) is 4.79 Å². The summed E-state index contributed by atoms with van der Waals surface area (Å²) in [4.78, 5) is 11.8. The number of hydrogen-bond donors (Lipinski definition) is 1. The first kappa shape index (κ1) is 20.2. The second-order valence-electron chi connectivity index (χ2n) is 9.95. The van der Waals surface area contributed by atoms with Crippen molar-refractivity contribution in [2.24, 2.45) is 5.41 Å². The summed E-state index contributed by atoms with van der Waals surface area (Å²) in [7, 11) is -0.398. The molecule has 1 amide bonds. The Kier molecular flexibility index (Phi) is 5.10. The smallest absolute Gasteiger partial charge is 0.449 e. The minimum Gasteiger partial charge on any atom is -0.449 e. The number of carbonyl (C=O) groups excluding carboxylic acids is 1. The fraction of sp³-hybridized carbons (Fsp3) is 0.789. The van der Waals surface area contributed by atoms with Gasteiger partial charge in [-0.15, -0.1) is 0 Å². The van der Waals surface area contributed by atoms with Crippen LogP contribution in [0.5, 0.6) is 0 Å². The molecule has 1 saturated heterocycles. The Balaban J connectivity index is 1.48. The number of carbonyl (C=O) groups is 1. The highest BCUT2D eigenvalue weighted by molar-refractivity contribution is 6.62. The lowest BCUT2D eigenvalue weighted by molar-refractivity contribution is 0.00578. The minimum atomic E-state index is -0.398. The molecule has 0 aromatic carbocycles. The SMILES string of the molecule is CC(C)(C)COC(=O)NC1CC(n2cc(B3OC(C)(C)C(C)(C)O3)cn2)C1. The number of aromatic nitrogens is 2. The van der Waals surface area contributed by atoms with Crippen LogP contribution in [-0.4, -0.2) is 46.8 Å². The maximum absolute atomic E-state index is 11.8. The molecule has 1 aromatic rings. The molecule has 1 aliphatic heterocycles. The highest BCUT2D eigenvalue weighted by Gasteiger charge is 2.52. The Labute approximate surface area is 162 Å². The number of nitrogens with zero attached hydrogens (tertiary/aromatic N) is 2. The molecule has 0 bridgehead atoms. The van der Waals surface area contributed by atoms with E-state index in [1.165, 1.54) is 0 Å². The first-order chi connectivity index (χ1) is 12.4. The third-order valence-electron chi connectivity index (χ3n) is 5.59. The lowest BCUT2D eigenvalue weighted by atomic mass is 9.81. The van der Waals surface area contributed by atoms with Crippen LogP contribution in [-0.2, 0) is 14.0 Å². The van der Waals surface area contributed by atoms with Gasteiger partial charge in [0.05, 0.1) is 23.9 Å². The van der Waals surface area contributed by atoms with E-state index in [9.17, 15) is 4.79 Å². The number of amides is 1. The maximum Gasteiger partial charge on any atom is 0.498 e. The van der Waals surface area contributed by atoms with Gasteiger partial charge >= 0.3 is 13.2 Å². The topological polar surface area (TPSA) is 74.6 Å². The van der Waals surface area contributed by atoms with Gasteiger partial charge in [-0.3, -0.25) is 4.68 Å². The second-order valence-corrected chi connectivity index (χ2v) is 9.95.